The molecule has 6 nitrogen and oxygen atoms in total. The minimum absolute atomic E-state index is 0.00290. The molecule has 206 valence electrons. The fraction of sp³-hybridized carbons (Fsp3) is 0.0968. The highest BCUT2D eigenvalue weighted by atomic mass is 19.4. The maximum absolute atomic E-state index is 14.0. The van der Waals surface area contributed by atoms with Crippen molar-refractivity contribution in [2.45, 2.75) is 20.0 Å². The Balaban J connectivity index is 1.74. The number of hydrogen-bond donors (Lipinski definition) is 0. The van der Waals surface area contributed by atoms with Crippen molar-refractivity contribution < 1.29 is 41.7 Å². The molecule has 0 saturated heterocycles. The van der Waals surface area contributed by atoms with Gasteiger partial charge in [-0.3, -0.25) is 0 Å². The molecule has 0 radical (unpaired) electrons. The van der Waals surface area contributed by atoms with Gasteiger partial charge >= 0.3 is 18.1 Å². The van der Waals surface area contributed by atoms with E-state index < -0.39 is 23.7 Å². The van der Waals surface area contributed by atoms with Crippen molar-refractivity contribution in [1.82, 2.24) is 0 Å². The number of benzene rings is 3. The van der Waals surface area contributed by atoms with Crippen molar-refractivity contribution in [3.8, 4) is 33.8 Å². The van der Waals surface area contributed by atoms with Crippen LogP contribution in [0.2, 0.25) is 0 Å². The second-order valence-corrected chi connectivity index (χ2v) is 8.46. The average Bonchev–Trinajstić information content (AvgIpc) is 2.93. The van der Waals surface area contributed by atoms with Gasteiger partial charge in [-0.25, -0.2) is 9.59 Å². The highest BCUT2D eigenvalue weighted by Crippen LogP contribution is 2.40. The van der Waals surface area contributed by atoms with Gasteiger partial charge in [0.25, 0.3) is 0 Å². The molecule has 0 aliphatic rings. The maximum atomic E-state index is 14.0. The van der Waals surface area contributed by atoms with Crippen LogP contribution in [0.25, 0.3) is 22.3 Å². The lowest BCUT2D eigenvalue weighted by Gasteiger charge is -2.15. The smallest absolute Gasteiger partial charge is 0.417 e. The predicted octanol–water partition coefficient (Wildman–Crippen LogP) is 7.98. The van der Waals surface area contributed by atoms with Crippen LogP contribution in [0.3, 0.4) is 0 Å². The van der Waals surface area contributed by atoms with Crippen LogP contribution >= 0.6 is 0 Å². The van der Waals surface area contributed by atoms with Crippen LogP contribution in [0.1, 0.15) is 19.4 Å². The SMILES string of the molecule is C=C(C)C(=O)O/C=C\Oc1ccc(-c2ccc(-c3ccc(O/C=C\OC(=O)C(=C)C)cc3)c(C(F)(F)F)c2)cc1. The molecular weight excluding hydrogens is 525 g/mol. The summed E-state index contributed by atoms with van der Waals surface area (Å²) < 4.78 is 62.3. The van der Waals surface area contributed by atoms with Gasteiger partial charge in [-0.15, -0.1) is 0 Å². The molecule has 0 atom stereocenters. The fourth-order valence-electron chi connectivity index (χ4n) is 3.24. The Morgan fingerprint density at radius 2 is 1.07 bits per heavy atom. The maximum Gasteiger partial charge on any atom is 0.417 e. The Morgan fingerprint density at radius 1 is 0.650 bits per heavy atom. The summed E-state index contributed by atoms with van der Waals surface area (Å²) in [6.07, 6.45) is -0.196. The predicted molar refractivity (Wildman–Crippen MR) is 144 cm³/mol. The lowest BCUT2D eigenvalue weighted by atomic mass is 9.94. The zero-order chi connectivity index (χ0) is 29.3. The molecule has 0 amide bonds. The highest BCUT2D eigenvalue weighted by molar-refractivity contribution is 5.87. The molecule has 0 unspecified atom stereocenters. The van der Waals surface area contributed by atoms with Crippen LogP contribution in [0.4, 0.5) is 13.2 Å². The van der Waals surface area contributed by atoms with E-state index in [0.717, 1.165) is 31.1 Å². The van der Waals surface area contributed by atoms with Crippen molar-refractivity contribution >= 4 is 11.9 Å². The Morgan fingerprint density at radius 3 is 1.50 bits per heavy atom. The number of alkyl halides is 3. The molecular formula is C31H25F3O6. The number of esters is 2. The van der Waals surface area contributed by atoms with Gasteiger partial charge in [-0.2, -0.15) is 13.2 Å². The Labute approximate surface area is 229 Å². The molecule has 0 spiro atoms. The van der Waals surface area contributed by atoms with Gasteiger partial charge in [0.15, 0.2) is 0 Å². The van der Waals surface area contributed by atoms with Crippen LogP contribution in [-0.4, -0.2) is 11.9 Å². The molecule has 3 aromatic rings. The standard InChI is InChI=1S/C31H25F3O6/c1-20(2)29(35)39-17-15-37-25-10-5-22(6-11-25)24-9-14-27(28(19-24)31(32,33)34)23-7-12-26(13-8-23)38-16-18-40-30(36)21(3)4/h5-19H,1,3H2,2,4H3/b17-15-,18-16-. The van der Waals surface area contributed by atoms with E-state index in [2.05, 4.69) is 13.2 Å². The molecule has 0 aliphatic carbocycles. The van der Waals surface area contributed by atoms with E-state index in [9.17, 15) is 22.8 Å². The van der Waals surface area contributed by atoms with Gasteiger partial charge in [0.2, 0.25) is 0 Å². The number of halogens is 3. The quantitative estimate of drug-likeness (QED) is 0.145. The summed E-state index contributed by atoms with van der Waals surface area (Å²) in [5.74, 6) is -0.481. The normalized spacial score (nSPS) is 11.3. The van der Waals surface area contributed by atoms with Crippen molar-refractivity contribution in [3.63, 3.8) is 0 Å². The average molecular weight is 551 g/mol. The third kappa shape index (κ3) is 8.22. The summed E-state index contributed by atoms with van der Waals surface area (Å²) in [4.78, 5) is 22.7. The Hall–Kier alpha value is -5.05. The van der Waals surface area contributed by atoms with E-state index in [4.69, 9.17) is 18.9 Å². The summed E-state index contributed by atoms with van der Waals surface area (Å²) in [6, 6.07) is 16.5. The Kier molecular flexibility index (Phi) is 9.70. The first-order chi connectivity index (χ1) is 19.0. The number of hydrogen-bond acceptors (Lipinski definition) is 6. The molecule has 0 heterocycles. The van der Waals surface area contributed by atoms with Gasteiger partial charge in [-0.1, -0.05) is 49.6 Å². The van der Waals surface area contributed by atoms with E-state index in [1.54, 1.807) is 30.3 Å². The molecule has 3 aromatic carbocycles. The first-order valence-electron chi connectivity index (χ1n) is 11.7. The summed E-state index contributed by atoms with van der Waals surface area (Å²) in [7, 11) is 0. The molecule has 0 fully saturated rings. The monoisotopic (exact) mass is 550 g/mol. The summed E-state index contributed by atoms with van der Waals surface area (Å²) >= 11 is 0. The number of rotatable bonds is 10. The number of carbonyl (C=O) groups is 2. The highest BCUT2D eigenvalue weighted by Gasteiger charge is 2.34. The molecule has 0 N–H and O–H groups in total. The van der Waals surface area contributed by atoms with Gasteiger partial charge in [0, 0.05) is 11.1 Å². The molecule has 0 aromatic heterocycles. The van der Waals surface area contributed by atoms with Gasteiger partial charge in [0.1, 0.15) is 36.5 Å². The van der Waals surface area contributed by atoms with Crippen LogP contribution in [0.15, 0.2) is 116 Å². The summed E-state index contributed by atoms with van der Waals surface area (Å²) in [5, 5.41) is 0. The van der Waals surface area contributed by atoms with E-state index in [-0.39, 0.29) is 16.7 Å². The molecule has 0 aliphatic heterocycles. The van der Waals surface area contributed by atoms with Crippen LogP contribution in [0.5, 0.6) is 11.5 Å². The second kappa shape index (κ2) is 13.1. The third-order valence-corrected chi connectivity index (χ3v) is 5.24. The lowest BCUT2D eigenvalue weighted by Crippen LogP contribution is -2.07. The minimum atomic E-state index is -4.61. The molecule has 0 saturated carbocycles. The first kappa shape index (κ1) is 29.5. The minimum Gasteiger partial charge on any atom is -0.462 e. The summed E-state index contributed by atoms with van der Waals surface area (Å²) in [5.41, 5.74) is 0.910. The largest absolute Gasteiger partial charge is 0.462 e. The van der Waals surface area contributed by atoms with Crippen LogP contribution in [-0.2, 0) is 25.2 Å². The number of carbonyl (C=O) groups excluding carboxylic acids is 2. The van der Waals surface area contributed by atoms with Crippen molar-refractivity contribution in [1.29, 1.82) is 0 Å². The first-order valence-corrected chi connectivity index (χ1v) is 11.7. The van der Waals surface area contributed by atoms with E-state index in [1.165, 1.54) is 44.2 Å². The van der Waals surface area contributed by atoms with Crippen molar-refractivity contribution in [2.24, 2.45) is 0 Å². The van der Waals surface area contributed by atoms with Gasteiger partial charge < -0.3 is 18.9 Å². The van der Waals surface area contributed by atoms with E-state index in [0.29, 0.717) is 28.2 Å². The van der Waals surface area contributed by atoms with E-state index >= 15 is 0 Å². The Bertz CT molecular complexity index is 1450. The van der Waals surface area contributed by atoms with Gasteiger partial charge in [0.05, 0.1) is 5.56 Å². The van der Waals surface area contributed by atoms with Crippen LogP contribution < -0.4 is 9.47 Å². The van der Waals surface area contributed by atoms with E-state index in [1.807, 2.05) is 0 Å². The zero-order valence-corrected chi connectivity index (χ0v) is 21.7. The second-order valence-electron chi connectivity index (χ2n) is 8.46. The molecule has 40 heavy (non-hydrogen) atoms. The lowest BCUT2D eigenvalue weighted by molar-refractivity contribution is -0.137. The molecule has 9 heteroatoms. The van der Waals surface area contributed by atoms with Gasteiger partial charge in [-0.05, 0) is 66.4 Å². The fourth-order valence-corrected chi connectivity index (χ4v) is 3.24. The zero-order valence-electron chi connectivity index (χ0n) is 21.7. The molecule has 3 rings (SSSR count). The third-order valence-electron chi connectivity index (χ3n) is 5.24. The van der Waals surface area contributed by atoms with Crippen molar-refractivity contribution in [2.75, 3.05) is 0 Å². The molecule has 0 bridgehead atoms. The number of ether oxygens (including phenoxy) is 4. The summed E-state index contributed by atoms with van der Waals surface area (Å²) in [6.45, 7) is 9.91. The van der Waals surface area contributed by atoms with Crippen molar-refractivity contribution in [3.05, 3.63) is 122 Å². The van der Waals surface area contributed by atoms with Crippen LogP contribution in [0, 0.1) is 0 Å². The topological polar surface area (TPSA) is 71.1 Å².